The SMILES string of the molecule is CCCCC(CC)COc1ccc(-c2ncnc(-c3ccc(OCC(CC)CCCC)cc3O)n2)c(O)c1.CCCCC(CC)COc1ccc(-c2ncnc(-c3ccc(OCC(CC)CCCC)cc3O)n2)c(O)c1. The van der Waals surface area contributed by atoms with Crippen LogP contribution in [0.5, 0.6) is 46.0 Å². The molecule has 4 N–H and O–H groups in total. The van der Waals surface area contributed by atoms with Crippen LogP contribution in [-0.4, -0.2) is 76.8 Å². The largest absolute Gasteiger partial charge is 0.507 e. The van der Waals surface area contributed by atoms with Gasteiger partial charge in [0.05, 0.1) is 48.7 Å². The summed E-state index contributed by atoms with van der Waals surface area (Å²) in [5, 5.41) is 42.8. The summed E-state index contributed by atoms with van der Waals surface area (Å²) in [5.74, 6) is 5.84. The third kappa shape index (κ3) is 18.8. The Morgan fingerprint density at radius 1 is 0.342 bits per heavy atom. The fourth-order valence-electron chi connectivity index (χ4n) is 8.72. The first-order chi connectivity index (χ1) is 37.0. The molecule has 0 spiro atoms. The van der Waals surface area contributed by atoms with Crippen molar-refractivity contribution in [2.75, 3.05) is 26.4 Å². The van der Waals surface area contributed by atoms with E-state index >= 15 is 0 Å². The van der Waals surface area contributed by atoms with Crippen molar-refractivity contribution in [2.24, 2.45) is 23.7 Å². The zero-order valence-corrected chi connectivity index (χ0v) is 46.6. The van der Waals surface area contributed by atoms with Crippen LogP contribution in [0.25, 0.3) is 45.6 Å². The van der Waals surface area contributed by atoms with Crippen LogP contribution in [0.2, 0.25) is 0 Å². The molecular formula is C62H86N6O8. The maximum atomic E-state index is 10.7. The molecule has 2 aromatic heterocycles. The lowest BCUT2D eigenvalue weighted by molar-refractivity contribution is 0.232. The molecule has 14 heteroatoms. The lowest BCUT2D eigenvalue weighted by atomic mass is 10.0. The number of rotatable bonds is 32. The minimum Gasteiger partial charge on any atom is -0.507 e. The number of hydrogen-bond donors (Lipinski definition) is 4. The molecule has 0 bridgehead atoms. The van der Waals surface area contributed by atoms with E-state index in [2.05, 4.69) is 85.3 Å². The van der Waals surface area contributed by atoms with Crippen LogP contribution in [0.3, 0.4) is 0 Å². The van der Waals surface area contributed by atoms with Crippen molar-refractivity contribution in [2.45, 2.75) is 158 Å². The first-order valence-electron chi connectivity index (χ1n) is 28.2. The van der Waals surface area contributed by atoms with Crippen LogP contribution in [0, 0.1) is 23.7 Å². The van der Waals surface area contributed by atoms with Gasteiger partial charge in [-0.3, -0.25) is 0 Å². The third-order valence-electron chi connectivity index (χ3n) is 14.1. The van der Waals surface area contributed by atoms with Crippen molar-refractivity contribution in [3.8, 4) is 91.5 Å². The van der Waals surface area contributed by atoms with Crippen molar-refractivity contribution >= 4 is 0 Å². The second-order valence-corrected chi connectivity index (χ2v) is 19.9. The van der Waals surface area contributed by atoms with Gasteiger partial charge in [-0.1, -0.05) is 132 Å². The average Bonchev–Trinajstić information content (AvgIpc) is 3.44. The lowest BCUT2D eigenvalue weighted by Gasteiger charge is -2.16. The molecule has 4 unspecified atom stereocenters. The quantitative estimate of drug-likeness (QED) is 0.0311. The number of nitrogens with zero attached hydrogens (tertiary/aromatic N) is 6. The van der Waals surface area contributed by atoms with E-state index in [4.69, 9.17) is 18.9 Å². The van der Waals surface area contributed by atoms with E-state index in [1.54, 1.807) is 48.5 Å². The van der Waals surface area contributed by atoms with E-state index in [1.165, 1.54) is 64.0 Å². The standard InChI is InChI=1S/2C31H43N3O4/c2*1-5-9-11-22(7-3)19-37-24-13-15-26(28(35)17-24)30-32-21-33-31(34-30)27-16-14-25(18-29(27)36)38-20-23(8-4)12-10-6-2/h2*13-18,21-23,35-36H,5-12,19-20H2,1-4H3. The number of hydrogen-bond acceptors (Lipinski definition) is 14. The van der Waals surface area contributed by atoms with Crippen LogP contribution >= 0.6 is 0 Å². The molecule has 6 aromatic rings. The van der Waals surface area contributed by atoms with Gasteiger partial charge in [0.25, 0.3) is 0 Å². The Bertz CT molecular complexity index is 2280. The van der Waals surface area contributed by atoms with E-state index in [0.29, 0.717) is 119 Å². The van der Waals surface area contributed by atoms with Crippen LogP contribution in [0.15, 0.2) is 85.5 Å². The van der Waals surface area contributed by atoms with Gasteiger partial charge in [-0.2, -0.15) is 0 Å². The van der Waals surface area contributed by atoms with Gasteiger partial charge in [-0.25, -0.2) is 29.9 Å². The van der Waals surface area contributed by atoms with Crippen LogP contribution in [0.1, 0.15) is 158 Å². The van der Waals surface area contributed by atoms with Gasteiger partial charge in [0.1, 0.15) is 58.7 Å². The summed E-state index contributed by atoms with van der Waals surface area (Å²) < 4.78 is 23.8. The lowest BCUT2D eigenvalue weighted by Crippen LogP contribution is -2.11. The number of phenols is 4. The Morgan fingerprint density at radius 2 is 0.566 bits per heavy atom. The summed E-state index contributed by atoms with van der Waals surface area (Å²) in [6.07, 6.45) is 21.1. The molecule has 0 aliphatic rings. The molecule has 0 fully saturated rings. The van der Waals surface area contributed by atoms with Crippen molar-refractivity contribution < 1.29 is 39.4 Å². The molecule has 4 aromatic carbocycles. The molecule has 76 heavy (non-hydrogen) atoms. The zero-order chi connectivity index (χ0) is 54.7. The molecule has 0 saturated heterocycles. The highest BCUT2D eigenvalue weighted by Crippen LogP contribution is 2.37. The highest BCUT2D eigenvalue weighted by molar-refractivity contribution is 5.71. The predicted octanol–water partition coefficient (Wildman–Crippen LogP) is 15.6. The number of phenolic OH excluding ortho intramolecular Hbond substituents is 4. The summed E-state index contributed by atoms with van der Waals surface area (Å²) in [4.78, 5) is 26.0. The number of aromatic nitrogens is 6. The van der Waals surface area contributed by atoms with Gasteiger partial charge in [-0.05, 0) is 97.9 Å². The summed E-state index contributed by atoms with van der Waals surface area (Å²) in [6, 6.07) is 20.6. The molecule has 14 nitrogen and oxygen atoms in total. The predicted molar refractivity (Wildman–Crippen MR) is 303 cm³/mol. The Labute approximate surface area is 452 Å². The van der Waals surface area contributed by atoms with E-state index in [-0.39, 0.29) is 23.0 Å². The second kappa shape index (κ2) is 32.7. The summed E-state index contributed by atoms with van der Waals surface area (Å²) in [5.41, 5.74) is 1.87. The van der Waals surface area contributed by atoms with Crippen molar-refractivity contribution in [1.82, 2.24) is 29.9 Å². The molecule has 412 valence electrons. The maximum Gasteiger partial charge on any atom is 0.167 e. The van der Waals surface area contributed by atoms with Gasteiger partial charge in [-0.15, -0.1) is 0 Å². The molecule has 0 amide bonds. The molecule has 0 aliphatic carbocycles. The molecule has 0 aliphatic heterocycles. The Morgan fingerprint density at radius 3 is 0.750 bits per heavy atom. The number of aromatic hydroxyl groups is 4. The Hall–Kier alpha value is -6.70. The highest BCUT2D eigenvalue weighted by Gasteiger charge is 2.18. The molecular weight excluding hydrogens is 957 g/mol. The van der Waals surface area contributed by atoms with Gasteiger partial charge in [0, 0.05) is 24.3 Å². The highest BCUT2D eigenvalue weighted by atomic mass is 16.5. The van der Waals surface area contributed by atoms with Crippen molar-refractivity contribution in [3.63, 3.8) is 0 Å². The number of ether oxygens (including phenoxy) is 4. The maximum absolute atomic E-state index is 10.7. The monoisotopic (exact) mass is 1040 g/mol. The van der Waals surface area contributed by atoms with E-state index in [9.17, 15) is 20.4 Å². The Balaban J connectivity index is 0.000000281. The van der Waals surface area contributed by atoms with E-state index < -0.39 is 0 Å². The van der Waals surface area contributed by atoms with Crippen molar-refractivity contribution in [1.29, 1.82) is 0 Å². The van der Waals surface area contributed by atoms with Crippen LogP contribution in [-0.2, 0) is 0 Å². The van der Waals surface area contributed by atoms with E-state index in [0.717, 1.165) is 51.4 Å². The normalized spacial score (nSPS) is 12.7. The fraction of sp³-hybridized carbons (Fsp3) is 0.516. The summed E-state index contributed by atoms with van der Waals surface area (Å²) in [6.45, 7) is 20.0. The van der Waals surface area contributed by atoms with Gasteiger partial charge in [0.15, 0.2) is 23.3 Å². The molecule has 2 heterocycles. The van der Waals surface area contributed by atoms with Crippen molar-refractivity contribution in [3.05, 3.63) is 85.5 Å². The Kier molecular flexibility index (Phi) is 25.9. The minimum atomic E-state index is 0.0303. The second-order valence-electron chi connectivity index (χ2n) is 19.9. The van der Waals surface area contributed by atoms with Gasteiger partial charge >= 0.3 is 0 Å². The molecule has 4 atom stereocenters. The zero-order valence-electron chi connectivity index (χ0n) is 46.6. The topological polar surface area (TPSA) is 195 Å². The smallest absolute Gasteiger partial charge is 0.167 e. The van der Waals surface area contributed by atoms with Gasteiger partial charge < -0.3 is 39.4 Å². The number of benzene rings is 4. The first kappa shape index (κ1) is 60.2. The van der Waals surface area contributed by atoms with Gasteiger partial charge in [0.2, 0.25) is 0 Å². The summed E-state index contributed by atoms with van der Waals surface area (Å²) in [7, 11) is 0. The fourth-order valence-corrected chi connectivity index (χ4v) is 8.72. The van der Waals surface area contributed by atoms with E-state index in [1.807, 2.05) is 24.3 Å². The molecule has 0 saturated carbocycles. The summed E-state index contributed by atoms with van der Waals surface area (Å²) >= 11 is 0. The average molecular weight is 1040 g/mol. The molecule has 0 radical (unpaired) electrons. The van der Waals surface area contributed by atoms with Crippen LogP contribution in [0.4, 0.5) is 0 Å². The van der Waals surface area contributed by atoms with Crippen LogP contribution < -0.4 is 18.9 Å². The third-order valence-corrected chi connectivity index (χ3v) is 14.1. The molecule has 6 rings (SSSR count). The first-order valence-corrected chi connectivity index (χ1v) is 28.2. The minimum absolute atomic E-state index is 0.0303. The number of unbranched alkanes of at least 4 members (excludes halogenated alkanes) is 4.